The molecule has 0 radical (unpaired) electrons. The third kappa shape index (κ3) is 8.93. The van der Waals surface area contributed by atoms with Crippen LogP contribution in [0.3, 0.4) is 0 Å². The Balaban J connectivity index is 1.59. The molecule has 0 saturated heterocycles. The van der Waals surface area contributed by atoms with E-state index < -0.39 is 7.14 Å². The minimum absolute atomic E-state index is 0.293. The number of hydrogen-bond donors (Lipinski definition) is 1. The molecule has 0 unspecified atom stereocenters. The van der Waals surface area contributed by atoms with Crippen molar-refractivity contribution in [2.75, 3.05) is 19.5 Å². The Morgan fingerprint density at radius 1 is 0.853 bits per heavy atom. The highest BCUT2D eigenvalue weighted by molar-refractivity contribution is 7.99. The van der Waals surface area contributed by atoms with E-state index in [1.165, 1.54) is 16.0 Å². The lowest BCUT2D eigenvalue weighted by Gasteiger charge is -2.29. The average Bonchev–Trinajstić information content (AvgIpc) is 2.81. The fourth-order valence-electron chi connectivity index (χ4n) is 3.98. The van der Waals surface area contributed by atoms with Gasteiger partial charge in [0.2, 0.25) is 0 Å². The standard InChI is InChI=1S/C29H37ClNOPS/c1-4-29(31,19-20-33(2,3)32)18-17-25-15-16-27(22-28(25)30)34-26-12-8-11-24(21-26)14-13-23-9-6-5-7-10-23/h5-12,15-16,21-22H,4,13-14,17-20,31H2,1-3H3/t29-/m1/s1. The van der Waals surface area contributed by atoms with Gasteiger partial charge in [-0.15, -0.1) is 0 Å². The fourth-order valence-corrected chi connectivity index (χ4v) is 6.25. The molecular formula is C29H37ClNOPS. The van der Waals surface area contributed by atoms with E-state index in [4.69, 9.17) is 17.3 Å². The largest absolute Gasteiger partial charge is 0.325 e. The highest BCUT2D eigenvalue weighted by atomic mass is 35.5. The summed E-state index contributed by atoms with van der Waals surface area (Å²) in [6, 6.07) is 25.7. The Kier molecular flexibility index (Phi) is 9.92. The Hall–Kier alpha value is -1.51. The number of aryl methyl sites for hydroxylation is 3. The van der Waals surface area contributed by atoms with Gasteiger partial charge >= 0.3 is 0 Å². The maximum absolute atomic E-state index is 12.1. The number of nitrogens with two attached hydrogens (primary N) is 1. The summed E-state index contributed by atoms with van der Waals surface area (Å²) >= 11 is 8.41. The van der Waals surface area contributed by atoms with Crippen molar-refractivity contribution < 1.29 is 4.57 Å². The van der Waals surface area contributed by atoms with Crippen molar-refractivity contribution in [1.29, 1.82) is 0 Å². The average molecular weight is 514 g/mol. The second-order valence-electron chi connectivity index (χ2n) is 9.75. The molecule has 0 spiro atoms. The van der Waals surface area contributed by atoms with Crippen LogP contribution < -0.4 is 5.73 Å². The molecule has 0 aliphatic rings. The van der Waals surface area contributed by atoms with Crippen LogP contribution in [0.4, 0.5) is 0 Å². The highest BCUT2D eigenvalue weighted by Gasteiger charge is 2.25. The molecule has 0 fully saturated rings. The van der Waals surface area contributed by atoms with Gasteiger partial charge in [0.15, 0.2) is 0 Å². The van der Waals surface area contributed by atoms with Crippen LogP contribution in [0.1, 0.15) is 42.9 Å². The molecule has 5 heteroatoms. The number of benzene rings is 3. The third-order valence-corrected chi connectivity index (χ3v) is 9.08. The van der Waals surface area contributed by atoms with Crippen molar-refractivity contribution in [3.8, 4) is 0 Å². The SMILES string of the molecule is CC[C@@](N)(CCc1ccc(Sc2cccc(CCc3ccccc3)c2)cc1Cl)CCP(C)(C)=O. The van der Waals surface area contributed by atoms with Crippen LogP contribution in [-0.2, 0) is 23.8 Å². The Labute approximate surface area is 215 Å². The van der Waals surface area contributed by atoms with Gasteiger partial charge in [0, 0.05) is 26.5 Å². The minimum atomic E-state index is -2.05. The molecule has 3 rings (SSSR count). The van der Waals surface area contributed by atoms with Crippen LogP contribution in [0.5, 0.6) is 0 Å². The summed E-state index contributed by atoms with van der Waals surface area (Å²) in [6.45, 7) is 5.80. The van der Waals surface area contributed by atoms with Gasteiger partial charge in [-0.05, 0) is 92.8 Å². The van der Waals surface area contributed by atoms with E-state index in [9.17, 15) is 4.57 Å². The molecule has 0 aromatic heterocycles. The van der Waals surface area contributed by atoms with Crippen LogP contribution >= 0.6 is 30.5 Å². The summed E-state index contributed by atoms with van der Waals surface area (Å²) in [5.74, 6) is 0. The summed E-state index contributed by atoms with van der Waals surface area (Å²) in [7, 11) is -2.05. The van der Waals surface area contributed by atoms with E-state index in [1.807, 2.05) is 13.3 Å². The van der Waals surface area contributed by atoms with Crippen molar-refractivity contribution >= 4 is 30.5 Å². The summed E-state index contributed by atoms with van der Waals surface area (Å²) < 4.78 is 12.1. The second kappa shape index (κ2) is 12.5. The molecule has 0 amide bonds. The van der Waals surface area contributed by atoms with Gasteiger partial charge in [-0.3, -0.25) is 0 Å². The van der Waals surface area contributed by atoms with Crippen molar-refractivity contribution in [2.45, 2.75) is 60.8 Å². The monoisotopic (exact) mass is 513 g/mol. The first kappa shape index (κ1) is 27.1. The van der Waals surface area contributed by atoms with Gasteiger partial charge in [0.25, 0.3) is 0 Å². The normalized spacial score (nSPS) is 13.6. The van der Waals surface area contributed by atoms with Crippen molar-refractivity contribution in [1.82, 2.24) is 0 Å². The van der Waals surface area contributed by atoms with Gasteiger partial charge in [0.05, 0.1) is 7.14 Å². The lowest BCUT2D eigenvalue weighted by molar-refractivity contribution is 0.367. The third-order valence-electron chi connectivity index (χ3n) is 6.45. The van der Waals surface area contributed by atoms with Crippen molar-refractivity contribution in [3.63, 3.8) is 0 Å². The molecule has 3 aromatic rings. The topological polar surface area (TPSA) is 43.1 Å². The number of halogens is 1. The molecular weight excluding hydrogens is 477 g/mol. The van der Waals surface area contributed by atoms with E-state index in [0.29, 0.717) is 6.16 Å². The molecule has 2 N–H and O–H groups in total. The molecule has 1 atom stereocenters. The molecule has 182 valence electrons. The summed E-state index contributed by atoms with van der Waals surface area (Å²) in [5, 5.41) is 0.792. The Morgan fingerprint density at radius 2 is 1.53 bits per heavy atom. The summed E-state index contributed by atoms with van der Waals surface area (Å²) in [6.07, 6.45) is 6.12. The van der Waals surface area contributed by atoms with Gasteiger partial charge in [-0.1, -0.05) is 78.8 Å². The Bertz CT molecular complexity index is 1110. The van der Waals surface area contributed by atoms with Crippen molar-refractivity contribution in [2.24, 2.45) is 5.73 Å². The van der Waals surface area contributed by atoms with E-state index in [-0.39, 0.29) is 5.54 Å². The molecule has 34 heavy (non-hydrogen) atoms. The van der Waals surface area contributed by atoms with E-state index >= 15 is 0 Å². The Morgan fingerprint density at radius 3 is 2.21 bits per heavy atom. The van der Waals surface area contributed by atoms with Gasteiger partial charge in [0.1, 0.15) is 0 Å². The van der Waals surface area contributed by atoms with Gasteiger partial charge in [-0.2, -0.15) is 0 Å². The predicted molar refractivity (Wildman–Crippen MR) is 150 cm³/mol. The minimum Gasteiger partial charge on any atom is -0.325 e. The van der Waals surface area contributed by atoms with Crippen LogP contribution in [-0.4, -0.2) is 25.0 Å². The first-order valence-electron chi connectivity index (χ1n) is 12.1. The number of hydrogen-bond acceptors (Lipinski definition) is 3. The maximum Gasteiger partial charge on any atom is 0.0820 e. The zero-order valence-electron chi connectivity index (χ0n) is 20.6. The quantitative estimate of drug-likeness (QED) is 0.247. The van der Waals surface area contributed by atoms with Crippen LogP contribution in [0, 0.1) is 0 Å². The molecule has 3 aromatic carbocycles. The zero-order chi connectivity index (χ0) is 24.6. The molecule has 2 nitrogen and oxygen atoms in total. The van der Waals surface area contributed by atoms with E-state index in [2.05, 4.69) is 79.7 Å². The van der Waals surface area contributed by atoms with Crippen LogP contribution in [0.25, 0.3) is 0 Å². The zero-order valence-corrected chi connectivity index (χ0v) is 23.1. The lowest BCUT2D eigenvalue weighted by atomic mass is 9.87. The van der Waals surface area contributed by atoms with Crippen LogP contribution in [0.2, 0.25) is 5.02 Å². The molecule has 0 aliphatic heterocycles. The van der Waals surface area contributed by atoms with E-state index in [0.717, 1.165) is 54.0 Å². The number of rotatable bonds is 12. The summed E-state index contributed by atoms with van der Waals surface area (Å²) in [5.41, 5.74) is 10.2. The molecule has 0 saturated carbocycles. The first-order valence-corrected chi connectivity index (χ1v) is 16.1. The fraction of sp³-hybridized carbons (Fsp3) is 0.379. The van der Waals surface area contributed by atoms with Gasteiger partial charge < -0.3 is 10.3 Å². The maximum atomic E-state index is 12.1. The van der Waals surface area contributed by atoms with E-state index in [1.54, 1.807) is 11.8 Å². The smallest absolute Gasteiger partial charge is 0.0820 e. The second-order valence-corrected chi connectivity index (χ2v) is 14.9. The summed E-state index contributed by atoms with van der Waals surface area (Å²) in [4.78, 5) is 2.37. The first-order chi connectivity index (χ1) is 16.2. The molecule has 0 bridgehead atoms. The molecule has 0 heterocycles. The highest BCUT2D eigenvalue weighted by Crippen LogP contribution is 2.39. The van der Waals surface area contributed by atoms with Crippen LogP contribution in [0.15, 0.2) is 82.6 Å². The molecule has 0 aliphatic carbocycles. The van der Waals surface area contributed by atoms with Gasteiger partial charge in [-0.25, -0.2) is 0 Å². The van der Waals surface area contributed by atoms with Crippen molar-refractivity contribution in [3.05, 3.63) is 94.5 Å². The predicted octanol–water partition coefficient (Wildman–Crippen LogP) is 8.33. The lowest BCUT2D eigenvalue weighted by Crippen LogP contribution is -2.40.